The van der Waals surface area contributed by atoms with Gasteiger partial charge in [0.15, 0.2) is 11.9 Å². The van der Waals surface area contributed by atoms with Crippen LogP contribution in [0.3, 0.4) is 0 Å². The van der Waals surface area contributed by atoms with Crippen LogP contribution >= 0.6 is 22.7 Å². The Labute approximate surface area is 193 Å². The number of hydrogen-bond donors (Lipinski definition) is 0. The lowest BCUT2D eigenvalue weighted by Gasteiger charge is -2.32. The molecule has 4 heterocycles. The van der Waals surface area contributed by atoms with Crippen LogP contribution in [-0.4, -0.2) is 34.3 Å². The molecule has 6 nitrogen and oxygen atoms in total. The van der Waals surface area contributed by atoms with E-state index in [1.165, 1.54) is 16.2 Å². The van der Waals surface area contributed by atoms with Crippen LogP contribution in [0.5, 0.6) is 5.75 Å². The summed E-state index contributed by atoms with van der Waals surface area (Å²) in [7, 11) is 0. The Balaban J connectivity index is 1.53. The Morgan fingerprint density at radius 3 is 2.81 bits per heavy atom. The Bertz CT molecular complexity index is 1300. The van der Waals surface area contributed by atoms with Gasteiger partial charge in [-0.25, -0.2) is 4.98 Å². The molecule has 0 saturated carbocycles. The number of pyridine rings is 1. The smallest absolute Gasteiger partial charge is 0.268 e. The lowest BCUT2D eigenvalue weighted by Crippen LogP contribution is -2.46. The number of fused-ring (bicyclic) bond motifs is 1. The number of anilines is 1. The summed E-state index contributed by atoms with van der Waals surface area (Å²) in [6.45, 7) is 3.69. The second-order valence-corrected chi connectivity index (χ2v) is 9.56. The molecule has 0 saturated heterocycles. The largest absolute Gasteiger partial charge is 0.479 e. The molecule has 0 N–H and O–H groups in total. The maximum absolute atomic E-state index is 12.9. The van der Waals surface area contributed by atoms with Crippen LogP contribution in [0.15, 0.2) is 60.1 Å². The number of benzene rings is 1. The number of aromatic nitrogens is 2. The molecule has 32 heavy (non-hydrogen) atoms. The average Bonchev–Trinajstić information content (AvgIpc) is 3.47. The van der Waals surface area contributed by atoms with E-state index in [9.17, 15) is 9.59 Å². The van der Waals surface area contributed by atoms with Crippen LogP contribution in [0.25, 0.3) is 22.0 Å². The van der Waals surface area contributed by atoms with E-state index in [0.717, 1.165) is 26.8 Å². The van der Waals surface area contributed by atoms with Crippen molar-refractivity contribution in [3.63, 3.8) is 0 Å². The van der Waals surface area contributed by atoms with Crippen LogP contribution in [-0.2, 0) is 4.79 Å². The Kier molecular flexibility index (Phi) is 5.32. The van der Waals surface area contributed by atoms with E-state index in [2.05, 4.69) is 4.98 Å². The van der Waals surface area contributed by atoms with E-state index >= 15 is 0 Å². The molecule has 3 aromatic heterocycles. The predicted molar refractivity (Wildman–Crippen MR) is 127 cm³/mol. The molecule has 1 unspecified atom stereocenters. The summed E-state index contributed by atoms with van der Waals surface area (Å²) >= 11 is 2.94. The number of thiophene rings is 1. The number of rotatable bonds is 5. The molecule has 0 spiro atoms. The van der Waals surface area contributed by atoms with E-state index in [0.29, 0.717) is 16.3 Å². The number of ketones is 1. The summed E-state index contributed by atoms with van der Waals surface area (Å²) in [4.78, 5) is 38.1. The third kappa shape index (κ3) is 3.72. The van der Waals surface area contributed by atoms with Crippen molar-refractivity contribution >= 4 is 40.1 Å². The number of aryl methyl sites for hydroxylation is 1. The normalized spacial score (nSPS) is 15.4. The van der Waals surface area contributed by atoms with Gasteiger partial charge in [-0.1, -0.05) is 12.1 Å². The molecule has 8 heteroatoms. The Morgan fingerprint density at radius 1 is 1.19 bits per heavy atom. The second kappa shape index (κ2) is 8.29. The average molecular weight is 462 g/mol. The fraction of sp³-hybridized carbons (Fsp3) is 0.167. The van der Waals surface area contributed by atoms with Gasteiger partial charge in [0.05, 0.1) is 28.5 Å². The van der Waals surface area contributed by atoms with Gasteiger partial charge in [-0.2, -0.15) is 0 Å². The maximum Gasteiger partial charge on any atom is 0.268 e. The highest BCUT2D eigenvalue weighted by atomic mass is 32.1. The molecule has 160 valence electrons. The molecule has 0 bridgehead atoms. The zero-order valence-electron chi connectivity index (χ0n) is 17.4. The van der Waals surface area contributed by atoms with Crippen LogP contribution in [0, 0.1) is 6.92 Å². The van der Waals surface area contributed by atoms with Gasteiger partial charge in [0, 0.05) is 16.6 Å². The van der Waals surface area contributed by atoms with E-state index < -0.39 is 6.10 Å². The summed E-state index contributed by atoms with van der Waals surface area (Å²) in [5.74, 6) is 0.252. The SMILES string of the molecule is Cc1sc(-c2ccccn2)nc1-c1ccc2c(c1)N(CC(=O)c1cccs1)C(=O)C(C)O2. The fourth-order valence-electron chi connectivity index (χ4n) is 3.64. The van der Waals surface area contributed by atoms with Crippen LogP contribution in [0.1, 0.15) is 21.5 Å². The monoisotopic (exact) mass is 461 g/mol. The highest BCUT2D eigenvalue weighted by molar-refractivity contribution is 7.15. The summed E-state index contributed by atoms with van der Waals surface area (Å²) in [5.41, 5.74) is 3.09. The lowest BCUT2D eigenvalue weighted by molar-refractivity contribution is -0.125. The van der Waals surface area contributed by atoms with E-state index in [4.69, 9.17) is 9.72 Å². The summed E-state index contributed by atoms with van der Waals surface area (Å²) < 4.78 is 5.81. The second-order valence-electron chi connectivity index (χ2n) is 7.41. The van der Waals surface area contributed by atoms with Crippen LogP contribution < -0.4 is 9.64 Å². The van der Waals surface area contributed by atoms with Crippen molar-refractivity contribution in [3.8, 4) is 27.7 Å². The highest BCUT2D eigenvalue weighted by Crippen LogP contribution is 2.40. The number of Topliss-reactive ketones (excluding diaryl/α,β-unsaturated/α-hetero) is 1. The molecule has 0 aliphatic carbocycles. The topological polar surface area (TPSA) is 72.4 Å². The molecule has 1 aromatic carbocycles. The van der Waals surface area contributed by atoms with Crippen molar-refractivity contribution in [1.29, 1.82) is 0 Å². The number of hydrogen-bond acceptors (Lipinski definition) is 7. The molecule has 1 aliphatic rings. The quantitative estimate of drug-likeness (QED) is 0.380. The van der Waals surface area contributed by atoms with Gasteiger partial charge in [-0.05, 0) is 55.6 Å². The molecule has 0 fully saturated rings. The van der Waals surface area contributed by atoms with Gasteiger partial charge in [0.25, 0.3) is 5.91 Å². The van der Waals surface area contributed by atoms with Crippen molar-refractivity contribution in [1.82, 2.24) is 9.97 Å². The van der Waals surface area contributed by atoms with Crippen LogP contribution in [0.4, 0.5) is 5.69 Å². The zero-order chi connectivity index (χ0) is 22.2. The number of carbonyl (C=O) groups is 2. The van der Waals surface area contributed by atoms with Gasteiger partial charge >= 0.3 is 0 Å². The first-order chi connectivity index (χ1) is 15.5. The molecular formula is C24H19N3O3S2. The molecule has 5 rings (SSSR count). The number of ether oxygens (including phenoxy) is 1. The standard InChI is InChI=1S/C24H19N3O3S2/c1-14-24(29)27(13-19(28)21-7-5-11-31-21)18-12-16(8-9-20(18)30-14)22-15(2)32-23(26-22)17-6-3-4-10-25-17/h3-12,14H,13H2,1-2H3. The van der Waals surface area contributed by atoms with Gasteiger partial charge in [0.1, 0.15) is 10.8 Å². The minimum atomic E-state index is -0.652. The Morgan fingerprint density at radius 2 is 2.06 bits per heavy atom. The van der Waals surface area contributed by atoms with Crippen LogP contribution in [0.2, 0.25) is 0 Å². The first kappa shape index (κ1) is 20.5. The van der Waals surface area contributed by atoms with Gasteiger partial charge < -0.3 is 4.74 Å². The minimum absolute atomic E-state index is 0.0290. The lowest BCUT2D eigenvalue weighted by atomic mass is 10.1. The molecule has 4 aromatic rings. The summed E-state index contributed by atoms with van der Waals surface area (Å²) in [6.07, 6.45) is 1.10. The number of nitrogens with zero attached hydrogens (tertiary/aromatic N) is 3. The van der Waals surface area contributed by atoms with E-state index in [1.54, 1.807) is 30.5 Å². The van der Waals surface area contributed by atoms with Gasteiger partial charge in [0.2, 0.25) is 0 Å². The fourth-order valence-corrected chi connectivity index (χ4v) is 5.21. The third-order valence-corrected chi connectivity index (χ3v) is 7.12. The molecule has 1 atom stereocenters. The van der Waals surface area contributed by atoms with Gasteiger partial charge in [-0.15, -0.1) is 22.7 Å². The summed E-state index contributed by atoms with van der Waals surface area (Å²) in [5, 5.41) is 2.69. The molecule has 1 aliphatic heterocycles. The predicted octanol–water partition coefficient (Wildman–Crippen LogP) is 5.24. The van der Waals surface area contributed by atoms with Gasteiger partial charge in [-0.3, -0.25) is 19.5 Å². The first-order valence-corrected chi connectivity index (χ1v) is 11.8. The summed E-state index contributed by atoms with van der Waals surface area (Å²) in [6, 6.07) is 15.0. The van der Waals surface area contributed by atoms with E-state index in [-0.39, 0.29) is 18.2 Å². The van der Waals surface area contributed by atoms with Crippen molar-refractivity contribution in [3.05, 3.63) is 69.9 Å². The van der Waals surface area contributed by atoms with Crippen molar-refractivity contribution in [2.24, 2.45) is 0 Å². The first-order valence-electron chi connectivity index (χ1n) is 10.1. The molecule has 1 amide bonds. The molecule has 0 radical (unpaired) electrons. The van der Waals surface area contributed by atoms with Crippen molar-refractivity contribution in [2.75, 3.05) is 11.4 Å². The third-order valence-electron chi connectivity index (χ3n) is 5.22. The number of thiazole rings is 1. The highest BCUT2D eigenvalue weighted by Gasteiger charge is 2.33. The van der Waals surface area contributed by atoms with Crippen molar-refractivity contribution < 1.29 is 14.3 Å². The zero-order valence-corrected chi connectivity index (χ0v) is 19.1. The van der Waals surface area contributed by atoms with Crippen molar-refractivity contribution in [2.45, 2.75) is 20.0 Å². The number of carbonyl (C=O) groups excluding carboxylic acids is 2. The maximum atomic E-state index is 12.9. The Hall–Kier alpha value is -3.36. The van der Waals surface area contributed by atoms with E-state index in [1.807, 2.05) is 54.8 Å². The number of amides is 1. The minimum Gasteiger partial charge on any atom is -0.479 e. The molecular weight excluding hydrogens is 442 g/mol.